The predicted molar refractivity (Wildman–Crippen MR) is 50.9 cm³/mol. The molecule has 5 heteroatoms. The molecule has 1 heterocycles. The van der Waals surface area contributed by atoms with E-state index in [0.29, 0.717) is 12.2 Å². The van der Waals surface area contributed by atoms with Crippen LogP contribution in [-0.4, -0.2) is 24.6 Å². The second-order valence-electron chi connectivity index (χ2n) is 2.70. The van der Waals surface area contributed by atoms with Gasteiger partial charge in [0.05, 0.1) is 12.1 Å². The maximum Gasteiger partial charge on any atom is 0.357 e. The highest BCUT2D eigenvalue weighted by atomic mass is 32.1. The number of nitrogens with zero attached hydrogens (tertiary/aromatic N) is 1. The molecule has 0 radical (unpaired) electrons. The average molecular weight is 200 g/mol. The van der Waals surface area contributed by atoms with Crippen molar-refractivity contribution >= 4 is 17.3 Å². The zero-order chi connectivity index (χ0) is 9.84. The molecule has 0 saturated carbocycles. The van der Waals surface area contributed by atoms with Gasteiger partial charge in [-0.2, -0.15) is 0 Å². The minimum Gasteiger partial charge on any atom is -0.464 e. The molecule has 0 spiro atoms. The molecule has 1 atom stereocenters. The van der Waals surface area contributed by atoms with E-state index in [-0.39, 0.29) is 5.92 Å². The van der Waals surface area contributed by atoms with Gasteiger partial charge in [0, 0.05) is 17.8 Å². The smallest absolute Gasteiger partial charge is 0.357 e. The van der Waals surface area contributed by atoms with Crippen molar-refractivity contribution in [2.45, 2.75) is 12.8 Å². The normalized spacial score (nSPS) is 12.5. The van der Waals surface area contributed by atoms with Gasteiger partial charge in [-0.1, -0.05) is 6.92 Å². The fraction of sp³-hybridized carbons (Fsp3) is 0.500. The Morgan fingerprint density at radius 2 is 2.54 bits per heavy atom. The fourth-order valence-corrected chi connectivity index (χ4v) is 1.67. The van der Waals surface area contributed by atoms with Gasteiger partial charge in [0.25, 0.3) is 0 Å². The molecule has 0 fully saturated rings. The monoisotopic (exact) mass is 200 g/mol. The Hall–Kier alpha value is -0.940. The summed E-state index contributed by atoms with van der Waals surface area (Å²) in [5.74, 6) is -0.199. The molecule has 1 aromatic rings. The Bertz CT molecular complexity index is 298. The van der Waals surface area contributed by atoms with Crippen LogP contribution in [0.5, 0.6) is 0 Å². The quantitative estimate of drug-likeness (QED) is 0.739. The van der Waals surface area contributed by atoms with E-state index < -0.39 is 5.97 Å². The van der Waals surface area contributed by atoms with Crippen LogP contribution in [0.2, 0.25) is 0 Å². The zero-order valence-corrected chi connectivity index (χ0v) is 8.43. The van der Waals surface area contributed by atoms with Gasteiger partial charge in [0.1, 0.15) is 0 Å². The fourth-order valence-electron chi connectivity index (χ4n) is 0.813. The summed E-state index contributed by atoms with van der Waals surface area (Å²) in [6.07, 6.45) is 0. The summed E-state index contributed by atoms with van der Waals surface area (Å²) < 4.78 is 4.54. The summed E-state index contributed by atoms with van der Waals surface area (Å²) in [7, 11) is 1.34. The summed E-state index contributed by atoms with van der Waals surface area (Å²) in [6, 6.07) is 0. The largest absolute Gasteiger partial charge is 0.464 e. The maximum absolute atomic E-state index is 11.0. The molecule has 1 aromatic heterocycles. The number of carbonyl (C=O) groups excluding carboxylic acids is 1. The first kappa shape index (κ1) is 10.1. The number of aromatic nitrogens is 1. The lowest BCUT2D eigenvalue weighted by molar-refractivity contribution is 0.0594. The van der Waals surface area contributed by atoms with Gasteiger partial charge in [-0.3, -0.25) is 0 Å². The summed E-state index contributed by atoms with van der Waals surface area (Å²) in [5, 5.41) is 2.57. The van der Waals surface area contributed by atoms with E-state index in [2.05, 4.69) is 9.72 Å². The molecule has 72 valence electrons. The first-order valence-electron chi connectivity index (χ1n) is 3.92. The highest BCUT2D eigenvalue weighted by Gasteiger charge is 2.13. The SMILES string of the molecule is COC(=O)c1csc([C@H](C)CN)n1. The van der Waals surface area contributed by atoms with E-state index in [1.165, 1.54) is 18.4 Å². The maximum atomic E-state index is 11.0. The van der Waals surface area contributed by atoms with Crippen molar-refractivity contribution in [3.8, 4) is 0 Å². The van der Waals surface area contributed by atoms with Crippen LogP contribution in [0.1, 0.15) is 28.3 Å². The molecular formula is C8H12N2O2S. The molecule has 13 heavy (non-hydrogen) atoms. The first-order chi connectivity index (χ1) is 6.19. The minimum absolute atomic E-state index is 0.198. The average Bonchev–Trinajstić information content (AvgIpc) is 2.64. The Morgan fingerprint density at radius 1 is 1.85 bits per heavy atom. The van der Waals surface area contributed by atoms with Gasteiger partial charge in [-0.05, 0) is 0 Å². The predicted octanol–water partition coefficient (Wildman–Crippen LogP) is 0.992. The first-order valence-corrected chi connectivity index (χ1v) is 4.80. The van der Waals surface area contributed by atoms with E-state index in [0.717, 1.165) is 5.01 Å². The topological polar surface area (TPSA) is 65.2 Å². The van der Waals surface area contributed by atoms with Crippen molar-refractivity contribution in [2.75, 3.05) is 13.7 Å². The van der Waals surface area contributed by atoms with Crippen molar-refractivity contribution in [2.24, 2.45) is 5.73 Å². The van der Waals surface area contributed by atoms with Gasteiger partial charge >= 0.3 is 5.97 Å². The van der Waals surface area contributed by atoms with E-state index in [1.807, 2.05) is 6.92 Å². The van der Waals surface area contributed by atoms with Crippen molar-refractivity contribution in [1.29, 1.82) is 0 Å². The number of rotatable bonds is 3. The van der Waals surface area contributed by atoms with Crippen LogP contribution in [-0.2, 0) is 4.74 Å². The van der Waals surface area contributed by atoms with E-state index in [1.54, 1.807) is 5.38 Å². The molecule has 0 amide bonds. The molecule has 4 nitrogen and oxygen atoms in total. The summed E-state index contributed by atoms with van der Waals surface area (Å²) in [5.41, 5.74) is 5.84. The molecule has 0 aromatic carbocycles. The number of methoxy groups -OCH3 is 1. The summed E-state index contributed by atoms with van der Waals surface area (Å²) in [4.78, 5) is 15.1. The molecule has 2 N–H and O–H groups in total. The summed E-state index contributed by atoms with van der Waals surface area (Å²) in [6.45, 7) is 2.51. The Labute approximate surface area is 80.7 Å². The molecule has 0 bridgehead atoms. The number of hydrogen-bond acceptors (Lipinski definition) is 5. The Balaban J connectivity index is 2.80. The van der Waals surface area contributed by atoms with E-state index in [4.69, 9.17) is 5.73 Å². The number of ether oxygens (including phenoxy) is 1. The Kier molecular flexibility index (Phi) is 3.39. The van der Waals surface area contributed by atoms with E-state index in [9.17, 15) is 4.79 Å². The van der Waals surface area contributed by atoms with Gasteiger partial charge in [0.15, 0.2) is 5.69 Å². The third-order valence-corrected chi connectivity index (χ3v) is 2.77. The van der Waals surface area contributed by atoms with Crippen LogP contribution < -0.4 is 5.73 Å². The number of nitrogens with two attached hydrogens (primary N) is 1. The third-order valence-electron chi connectivity index (χ3n) is 1.69. The van der Waals surface area contributed by atoms with Crippen molar-refractivity contribution < 1.29 is 9.53 Å². The van der Waals surface area contributed by atoms with Crippen LogP contribution >= 0.6 is 11.3 Å². The van der Waals surface area contributed by atoms with Crippen molar-refractivity contribution in [3.05, 3.63) is 16.1 Å². The number of thiazole rings is 1. The molecule has 0 aliphatic heterocycles. The highest BCUT2D eigenvalue weighted by Crippen LogP contribution is 2.19. The standard InChI is InChI=1S/C8H12N2O2S/c1-5(3-9)7-10-6(4-13-7)8(11)12-2/h4-5H,3,9H2,1-2H3/t5-/m1/s1. The van der Waals surface area contributed by atoms with Gasteiger partial charge < -0.3 is 10.5 Å². The number of esters is 1. The number of hydrogen-bond donors (Lipinski definition) is 1. The summed E-state index contributed by atoms with van der Waals surface area (Å²) >= 11 is 1.43. The minimum atomic E-state index is -0.397. The van der Waals surface area contributed by atoms with Gasteiger partial charge in [0.2, 0.25) is 0 Å². The van der Waals surface area contributed by atoms with Crippen LogP contribution in [0.3, 0.4) is 0 Å². The lowest BCUT2D eigenvalue weighted by atomic mass is 10.2. The van der Waals surface area contributed by atoms with Crippen LogP contribution in [0.15, 0.2) is 5.38 Å². The number of carbonyl (C=O) groups is 1. The lowest BCUT2D eigenvalue weighted by Crippen LogP contribution is -2.09. The van der Waals surface area contributed by atoms with Crippen molar-refractivity contribution in [1.82, 2.24) is 4.98 Å². The molecule has 0 aliphatic rings. The van der Waals surface area contributed by atoms with Crippen molar-refractivity contribution in [3.63, 3.8) is 0 Å². The second-order valence-corrected chi connectivity index (χ2v) is 3.59. The van der Waals surface area contributed by atoms with Crippen LogP contribution in [0.25, 0.3) is 0 Å². The highest BCUT2D eigenvalue weighted by molar-refractivity contribution is 7.09. The molecule has 0 unspecified atom stereocenters. The Morgan fingerprint density at radius 3 is 3.08 bits per heavy atom. The molecular weight excluding hydrogens is 188 g/mol. The lowest BCUT2D eigenvalue weighted by Gasteiger charge is -2.01. The van der Waals surface area contributed by atoms with Crippen LogP contribution in [0.4, 0.5) is 0 Å². The second kappa shape index (κ2) is 4.34. The van der Waals surface area contributed by atoms with E-state index >= 15 is 0 Å². The zero-order valence-electron chi connectivity index (χ0n) is 7.61. The molecule has 0 saturated heterocycles. The van der Waals surface area contributed by atoms with Gasteiger partial charge in [-0.15, -0.1) is 11.3 Å². The van der Waals surface area contributed by atoms with Crippen LogP contribution in [0, 0.1) is 0 Å². The molecule has 1 rings (SSSR count). The molecule has 0 aliphatic carbocycles. The van der Waals surface area contributed by atoms with Gasteiger partial charge in [-0.25, -0.2) is 9.78 Å². The third kappa shape index (κ3) is 2.26.